The molecule has 5 heteroatoms. The van der Waals surface area contributed by atoms with Crippen molar-refractivity contribution >= 4 is 11.8 Å². The zero-order valence-corrected chi connectivity index (χ0v) is 16.5. The minimum Gasteiger partial charge on any atom is -0.484 e. The number of ether oxygens (including phenoxy) is 1. The van der Waals surface area contributed by atoms with E-state index in [2.05, 4.69) is 5.32 Å². The lowest BCUT2D eigenvalue weighted by Gasteiger charge is -2.28. The number of hydrogen-bond donors (Lipinski definition) is 1. The molecule has 0 bridgehead atoms. The first kappa shape index (κ1) is 20.5. The summed E-state index contributed by atoms with van der Waals surface area (Å²) in [5, 5.41) is 2.61. The van der Waals surface area contributed by atoms with Crippen molar-refractivity contribution in [2.75, 3.05) is 20.2 Å². The first-order chi connectivity index (χ1) is 12.9. The number of rotatable bonds is 8. The van der Waals surface area contributed by atoms with E-state index in [0.29, 0.717) is 18.7 Å². The molecule has 2 rings (SSSR count). The third-order valence-electron chi connectivity index (χ3n) is 4.74. The fourth-order valence-corrected chi connectivity index (χ4v) is 2.81. The average Bonchev–Trinajstić information content (AvgIpc) is 2.69. The Morgan fingerprint density at radius 2 is 1.78 bits per heavy atom. The molecule has 0 fully saturated rings. The Hall–Kier alpha value is -2.82. The summed E-state index contributed by atoms with van der Waals surface area (Å²) >= 11 is 0. The van der Waals surface area contributed by atoms with Gasteiger partial charge >= 0.3 is 0 Å². The lowest BCUT2D eigenvalue weighted by atomic mass is 10.1. The molecule has 2 aromatic rings. The van der Waals surface area contributed by atoms with Gasteiger partial charge in [-0.2, -0.15) is 0 Å². The Balaban J connectivity index is 2.04. The van der Waals surface area contributed by atoms with Crippen LogP contribution in [0.4, 0.5) is 0 Å². The quantitative estimate of drug-likeness (QED) is 0.779. The maximum absolute atomic E-state index is 12.8. The fourth-order valence-electron chi connectivity index (χ4n) is 2.81. The largest absolute Gasteiger partial charge is 0.484 e. The predicted octanol–water partition coefficient (Wildman–Crippen LogP) is 2.89. The summed E-state index contributed by atoms with van der Waals surface area (Å²) in [6.45, 7) is 6.12. The maximum Gasteiger partial charge on any atom is 0.261 e. The molecule has 0 heterocycles. The van der Waals surface area contributed by atoms with Gasteiger partial charge in [-0.15, -0.1) is 0 Å². The number of benzene rings is 2. The van der Waals surface area contributed by atoms with Crippen LogP contribution in [-0.2, 0) is 16.0 Å². The van der Waals surface area contributed by atoms with E-state index < -0.39 is 6.04 Å². The number of amides is 2. The van der Waals surface area contributed by atoms with Gasteiger partial charge in [-0.1, -0.05) is 36.4 Å². The van der Waals surface area contributed by atoms with Gasteiger partial charge in [0.1, 0.15) is 11.8 Å². The van der Waals surface area contributed by atoms with E-state index in [9.17, 15) is 9.59 Å². The number of hydrogen-bond acceptors (Lipinski definition) is 3. The Bertz CT molecular complexity index is 774. The van der Waals surface area contributed by atoms with Crippen LogP contribution in [-0.4, -0.2) is 43.0 Å². The molecule has 0 unspecified atom stereocenters. The number of likely N-dealkylation sites (N-methyl/N-ethyl adjacent to an activating group) is 1. The summed E-state index contributed by atoms with van der Waals surface area (Å²) in [6.07, 6.45) is 0.678. The third-order valence-corrected chi connectivity index (χ3v) is 4.74. The van der Waals surface area contributed by atoms with Gasteiger partial charge in [-0.25, -0.2) is 0 Å². The lowest BCUT2D eigenvalue weighted by Crippen LogP contribution is -2.49. The average molecular weight is 368 g/mol. The van der Waals surface area contributed by atoms with Crippen molar-refractivity contribution in [2.45, 2.75) is 33.2 Å². The highest BCUT2D eigenvalue weighted by Crippen LogP contribution is 2.16. The van der Waals surface area contributed by atoms with Crippen molar-refractivity contribution in [3.05, 3.63) is 65.2 Å². The van der Waals surface area contributed by atoms with E-state index in [4.69, 9.17) is 4.74 Å². The van der Waals surface area contributed by atoms with Gasteiger partial charge in [-0.3, -0.25) is 9.59 Å². The van der Waals surface area contributed by atoms with Crippen LogP contribution in [0.25, 0.3) is 0 Å². The number of nitrogens with one attached hydrogen (secondary N) is 1. The molecule has 0 saturated carbocycles. The predicted molar refractivity (Wildman–Crippen MR) is 107 cm³/mol. The molecule has 0 aliphatic heterocycles. The van der Waals surface area contributed by atoms with Crippen LogP contribution in [0.2, 0.25) is 0 Å². The van der Waals surface area contributed by atoms with Gasteiger partial charge in [-0.05, 0) is 56.0 Å². The third kappa shape index (κ3) is 5.84. The van der Waals surface area contributed by atoms with Crippen molar-refractivity contribution in [1.29, 1.82) is 0 Å². The van der Waals surface area contributed by atoms with E-state index in [-0.39, 0.29) is 18.4 Å². The van der Waals surface area contributed by atoms with Crippen LogP contribution in [0.1, 0.15) is 23.6 Å². The first-order valence-corrected chi connectivity index (χ1v) is 9.17. The molecule has 2 amide bonds. The Labute approximate surface area is 161 Å². The Kier molecular flexibility index (Phi) is 7.41. The first-order valence-electron chi connectivity index (χ1n) is 9.17. The minimum absolute atomic E-state index is 0.0986. The monoisotopic (exact) mass is 368 g/mol. The zero-order valence-electron chi connectivity index (χ0n) is 16.5. The molecular weight excluding hydrogens is 340 g/mol. The second kappa shape index (κ2) is 9.76. The van der Waals surface area contributed by atoms with Crippen LogP contribution in [0.15, 0.2) is 48.5 Å². The van der Waals surface area contributed by atoms with Crippen LogP contribution >= 0.6 is 0 Å². The van der Waals surface area contributed by atoms with Crippen molar-refractivity contribution in [2.24, 2.45) is 0 Å². The molecule has 2 aromatic carbocycles. The van der Waals surface area contributed by atoms with Gasteiger partial charge in [0.2, 0.25) is 5.91 Å². The zero-order chi connectivity index (χ0) is 19.8. The van der Waals surface area contributed by atoms with Crippen molar-refractivity contribution in [3.63, 3.8) is 0 Å². The Morgan fingerprint density at radius 1 is 1.07 bits per heavy atom. The summed E-state index contributed by atoms with van der Waals surface area (Å²) in [5.41, 5.74) is 3.40. The molecule has 1 N–H and O–H groups in total. The molecule has 5 nitrogen and oxygen atoms in total. The van der Waals surface area contributed by atoms with E-state index in [1.807, 2.05) is 62.4 Å². The highest BCUT2D eigenvalue weighted by Gasteiger charge is 2.25. The number of carbonyl (C=O) groups is 2. The number of nitrogens with zero attached hydrogens (tertiary/aromatic N) is 1. The van der Waals surface area contributed by atoms with Crippen LogP contribution in [0, 0.1) is 13.8 Å². The summed E-state index contributed by atoms with van der Waals surface area (Å²) in [4.78, 5) is 26.4. The van der Waals surface area contributed by atoms with E-state index in [0.717, 1.165) is 11.1 Å². The summed E-state index contributed by atoms with van der Waals surface area (Å²) in [5.74, 6) is 0.255. The molecule has 0 spiro atoms. The van der Waals surface area contributed by atoms with E-state index >= 15 is 0 Å². The lowest BCUT2D eigenvalue weighted by molar-refractivity contribution is -0.141. The van der Waals surface area contributed by atoms with Crippen LogP contribution in [0.3, 0.4) is 0 Å². The van der Waals surface area contributed by atoms with E-state index in [1.54, 1.807) is 18.9 Å². The van der Waals surface area contributed by atoms with E-state index in [1.165, 1.54) is 5.56 Å². The van der Waals surface area contributed by atoms with Crippen molar-refractivity contribution in [3.8, 4) is 5.75 Å². The molecule has 0 aromatic heterocycles. The highest BCUT2D eigenvalue weighted by atomic mass is 16.5. The van der Waals surface area contributed by atoms with Crippen LogP contribution in [0.5, 0.6) is 5.75 Å². The Morgan fingerprint density at radius 3 is 2.41 bits per heavy atom. The number of aryl methyl sites for hydroxylation is 2. The molecule has 27 heavy (non-hydrogen) atoms. The molecule has 0 aliphatic rings. The van der Waals surface area contributed by atoms with Gasteiger partial charge in [0.25, 0.3) is 5.91 Å². The van der Waals surface area contributed by atoms with Gasteiger partial charge in [0.15, 0.2) is 6.61 Å². The second-order valence-corrected chi connectivity index (χ2v) is 6.65. The van der Waals surface area contributed by atoms with Gasteiger partial charge < -0.3 is 15.0 Å². The second-order valence-electron chi connectivity index (χ2n) is 6.65. The maximum atomic E-state index is 12.8. The topological polar surface area (TPSA) is 58.6 Å². The normalized spacial score (nSPS) is 11.6. The SMILES string of the molecule is CNC(=O)[C@H](C)N(CCc1ccccc1)C(=O)COc1ccc(C)c(C)c1. The summed E-state index contributed by atoms with van der Waals surface area (Å²) < 4.78 is 5.68. The smallest absolute Gasteiger partial charge is 0.261 e. The molecule has 1 atom stereocenters. The fraction of sp³-hybridized carbons (Fsp3) is 0.364. The molecular formula is C22H28N2O3. The molecule has 0 aliphatic carbocycles. The molecule has 144 valence electrons. The molecule has 0 radical (unpaired) electrons. The van der Waals surface area contributed by atoms with Crippen molar-refractivity contribution < 1.29 is 14.3 Å². The highest BCUT2D eigenvalue weighted by molar-refractivity contribution is 5.87. The van der Waals surface area contributed by atoms with Gasteiger partial charge in [0, 0.05) is 13.6 Å². The summed E-state index contributed by atoms with van der Waals surface area (Å²) in [6, 6.07) is 15.1. The summed E-state index contributed by atoms with van der Waals surface area (Å²) in [7, 11) is 1.57. The van der Waals surface area contributed by atoms with Crippen molar-refractivity contribution in [1.82, 2.24) is 10.2 Å². The van der Waals surface area contributed by atoms with Crippen LogP contribution < -0.4 is 10.1 Å². The number of carbonyl (C=O) groups excluding carboxylic acids is 2. The standard InChI is InChI=1S/C22H28N2O3/c1-16-10-11-20(14-17(16)2)27-15-21(25)24(18(3)22(26)23-4)13-12-19-8-6-5-7-9-19/h5-11,14,18H,12-13,15H2,1-4H3,(H,23,26)/t18-/m0/s1. The minimum atomic E-state index is -0.561. The van der Waals surface area contributed by atoms with Gasteiger partial charge in [0.05, 0.1) is 0 Å². The molecule has 0 saturated heterocycles.